The second kappa shape index (κ2) is 6.28. The molecule has 3 heteroatoms. The normalized spacial score (nSPS) is 14.2. The van der Waals surface area contributed by atoms with E-state index in [1.165, 1.54) is 10.5 Å². The van der Waals surface area contributed by atoms with Crippen molar-refractivity contribution in [2.45, 2.75) is 23.1 Å². The Morgan fingerprint density at radius 3 is 2.39 bits per heavy atom. The third-order valence-corrected chi connectivity index (χ3v) is 4.40. The van der Waals surface area contributed by atoms with Crippen molar-refractivity contribution in [1.29, 1.82) is 0 Å². The van der Waals surface area contributed by atoms with Gasteiger partial charge in [-0.05, 0) is 36.8 Å². The molecule has 0 heterocycles. The highest BCUT2D eigenvalue weighted by Crippen LogP contribution is 2.37. The zero-order valence-corrected chi connectivity index (χ0v) is 11.8. The first-order valence-electron chi connectivity index (χ1n) is 5.89. The van der Waals surface area contributed by atoms with Crippen molar-refractivity contribution in [2.24, 2.45) is 5.73 Å². The number of hydrogen-bond donors (Lipinski definition) is 1. The van der Waals surface area contributed by atoms with Crippen molar-refractivity contribution in [3.63, 3.8) is 0 Å². The fraction of sp³-hybridized carbons (Fsp3) is 0.200. The molecule has 2 unspecified atom stereocenters. The summed E-state index contributed by atoms with van der Waals surface area (Å²) >= 11 is 7.82. The van der Waals surface area contributed by atoms with E-state index in [1.54, 1.807) is 11.8 Å². The molecule has 0 saturated carbocycles. The van der Waals surface area contributed by atoms with E-state index in [0.29, 0.717) is 0 Å². The number of thioether (sulfide) groups is 1. The van der Waals surface area contributed by atoms with Crippen LogP contribution in [0.2, 0.25) is 5.02 Å². The third kappa shape index (κ3) is 3.52. The largest absolute Gasteiger partial charge is 0.327 e. The van der Waals surface area contributed by atoms with E-state index in [0.717, 1.165) is 5.02 Å². The van der Waals surface area contributed by atoms with Crippen LogP contribution >= 0.6 is 23.4 Å². The average molecular weight is 278 g/mol. The molecule has 0 aliphatic rings. The van der Waals surface area contributed by atoms with Crippen LogP contribution in [0, 0.1) is 0 Å². The lowest BCUT2D eigenvalue weighted by atomic mass is 10.1. The van der Waals surface area contributed by atoms with E-state index < -0.39 is 0 Å². The SMILES string of the molecule is CC(N)C(Sc1ccccc1)c1cccc(Cl)c1. The van der Waals surface area contributed by atoms with E-state index in [1.807, 2.05) is 43.3 Å². The standard InChI is InChI=1S/C15H16ClNS/c1-11(17)15(12-6-5-7-13(16)10-12)18-14-8-3-2-4-9-14/h2-11,15H,17H2,1H3. The Bertz CT molecular complexity index is 499. The van der Waals surface area contributed by atoms with Gasteiger partial charge in [0.05, 0.1) is 0 Å². The first-order chi connectivity index (χ1) is 8.66. The van der Waals surface area contributed by atoms with Crippen LogP contribution in [0.15, 0.2) is 59.5 Å². The first-order valence-corrected chi connectivity index (χ1v) is 7.15. The lowest BCUT2D eigenvalue weighted by molar-refractivity contribution is 0.721. The first kappa shape index (κ1) is 13.5. The summed E-state index contributed by atoms with van der Waals surface area (Å²) in [6.07, 6.45) is 0. The third-order valence-electron chi connectivity index (χ3n) is 2.66. The van der Waals surface area contributed by atoms with Crippen molar-refractivity contribution in [1.82, 2.24) is 0 Å². The Hall–Kier alpha value is -0.960. The van der Waals surface area contributed by atoms with Crippen molar-refractivity contribution < 1.29 is 0 Å². The van der Waals surface area contributed by atoms with Gasteiger partial charge in [0.25, 0.3) is 0 Å². The minimum absolute atomic E-state index is 0.0636. The van der Waals surface area contributed by atoms with Crippen LogP contribution in [0.25, 0.3) is 0 Å². The number of benzene rings is 2. The lowest BCUT2D eigenvalue weighted by Gasteiger charge is -2.21. The smallest absolute Gasteiger partial charge is 0.0493 e. The molecular formula is C15H16ClNS. The summed E-state index contributed by atoms with van der Waals surface area (Å²) in [5.41, 5.74) is 7.28. The van der Waals surface area contributed by atoms with Crippen molar-refractivity contribution in [3.8, 4) is 0 Å². The Morgan fingerprint density at radius 1 is 1.06 bits per heavy atom. The summed E-state index contributed by atoms with van der Waals surface area (Å²) in [5.74, 6) is 0. The Labute approximate surface area is 117 Å². The number of halogens is 1. The van der Waals surface area contributed by atoms with Crippen molar-refractivity contribution >= 4 is 23.4 Å². The number of nitrogens with two attached hydrogens (primary N) is 1. The summed E-state index contributed by atoms with van der Waals surface area (Å²) in [7, 11) is 0. The second-order valence-electron chi connectivity index (χ2n) is 4.27. The van der Waals surface area contributed by atoms with Crippen LogP contribution in [0.4, 0.5) is 0 Å². The molecule has 0 saturated heterocycles. The topological polar surface area (TPSA) is 26.0 Å². The van der Waals surface area contributed by atoms with Crippen molar-refractivity contribution in [2.75, 3.05) is 0 Å². The molecule has 0 aliphatic carbocycles. The van der Waals surface area contributed by atoms with Gasteiger partial charge in [-0.3, -0.25) is 0 Å². The Morgan fingerprint density at radius 2 is 1.78 bits per heavy atom. The van der Waals surface area contributed by atoms with Gasteiger partial charge in [0.2, 0.25) is 0 Å². The molecule has 18 heavy (non-hydrogen) atoms. The van der Waals surface area contributed by atoms with Crippen LogP contribution in [0.3, 0.4) is 0 Å². The van der Waals surface area contributed by atoms with Gasteiger partial charge in [0.1, 0.15) is 0 Å². The minimum atomic E-state index is 0.0636. The van der Waals surface area contributed by atoms with E-state index in [4.69, 9.17) is 17.3 Å². The molecule has 0 amide bonds. The molecule has 94 valence electrons. The maximum Gasteiger partial charge on any atom is 0.0493 e. The van der Waals surface area contributed by atoms with Gasteiger partial charge in [-0.1, -0.05) is 41.9 Å². The molecule has 1 nitrogen and oxygen atoms in total. The maximum absolute atomic E-state index is 6.10. The molecule has 2 aromatic rings. The molecule has 0 aromatic heterocycles. The highest BCUT2D eigenvalue weighted by Gasteiger charge is 2.17. The Kier molecular flexibility index (Phi) is 4.70. The van der Waals surface area contributed by atoms with Crippen LogP contribution in [-0.2, 0) is 0 Å². The molecule has 2 atom stereocenters. The summed E-state index contributed by atoms with van der Waals surface area (Å²) in [6.45, 7) is 2.03. The molecule has 2 aromatic carbocycles. The van der Waals surface area contributed by atoms with E-state index in [2.05, 4.69) is 18.2 Å². The Balaban J connectivity index is 2.24. The predicted molar refractivity (Wildman–Crippen MR) is 80.1 cm³/mol. The molecule has 0 bridgehead atoms. The number of rotatable bonds is 4. The zero-order valence-electron chi connectivity index (χ0n) is 10.2. The fourth-order valence-corrected chi connectivity index (χ4v) is 3.11. The predicted octanol–water partition coefficient (Wildman–Crippen LogP) is 4.52. The van der Waals surface area contributed by atoms with Crippen LogP contribution in [0.1, 0.15) is 17.7 Å². The minimum Gasteiger partial charge on any atom is -0.327 e. The zero-order chi connectivity index (χ0) is 13.0. The van der Waals surface area contributed by atoms with Gasteiger partial charge in [-0.2, -0.15) is 0 Å². The summed E-state index contributed by atoms with van der Waals surface area (Å²) < 4.78 is 0. The van der Waals surface area contributed by atoms with Gasteiger partial charge >= 0.3 is 0 Å². The molecule has 2 N–H and O–H groups in total. The fourth-order valence-electron chi connectivity index (χ4n) is 1.81. The summed E-state index contributed by atoms with van der Waals surface area (Å²) in [4.78, 5) is 1.22. The van der Waals surface area contributed by atoms with Crippen LogP contribution in [0.5, 0.6) is 0 Å². The number of hydrogen-bond acceptors (Lipinski definition) is 2. The summed E-state index contributed by atoms with van der Waals surface area (Å²) in [5, 5.41) is 0.970. The second-order valence-corrected chi connectivity index (χ2v) is 5.92. The highest BCUT2D eigenvalue weighted by molar-refractivity contribution is 7.99. The molecule has 0 fully saturated rings. The molecular weight excluding hydrogens is 262 g/mol. The summed E-state index contributed by atoms with van der Waals surface area (Å²) in [6, 6.07) is 18.3. The van der Waals surface area contributed by atoms with Gasteiger partial charge in [-0.25, -0.2) is 0 Å². The van der Waals surface area contributed by atoms with Crippen molar-refractivity contribution in [3.05, 3.63) is 65.2 Å². The highest BCUT2D eigenvalue weighted by atomic mass is 35.5. The molecule has 0 aliphatic heterocycles. The van der Waals surface area contributed by atoms with Crippen LogP contribution < -0.4 is 5.73 Å². The van der Waals surface area contributed by atoms with Gasteiger partial charge in [0, 0.05) is 21.2 Å². The van der Waals surface area contributed by atoms with E-state index >= 15 is 0 Å². The van der Waals surface area contributed by atoms with Gasteiger partial charge in [0.15, 0.2) is 0 Å². The van der Waals surface area contributed by atoms with Gasteiger partial charge < -0.3 is 5.73 Å². The van der Waals surface area contributed by atoms with E-state index in [9.17, 15) is 0 Å². The van der Waals surface area contributed by atoms with Gasteiger partial charge in [-0.15, -0.1) is 11.8 Å². The maximum atomic E-state index is 6.10. The molecule has 0 radical (unpaired) electrons. The average Bonchev–Trinajstić information content (AvgIpc) is 2.37. The quantitative estimate of drug-likeness (QED) is 0.832. The van der Waals surface area contributed by atoms with Crippen LogP contribution in [-0.4, -0.2) is 6.04 Å². The lowest BCUT2D eigenvalue weighted by Crippen LogP contribution is -2.22. The molecule has 0 spiro atoms. The monoisotopic (exact) mass is 277 g/mol. The van der Waals surface area contributed by atoms with E-state index in [-0.39, 0.29) is 11.3 Å². The molecule has 2 rings (SSSR count).